The van der Waals surface area contributed by atoms with Crippen LogP contribution in [0.4, 0.5) is 5.69 Å². The lowest BCUT2D eigenvalue weighted by atomic mass is 9.98. The molecule has 0 aromatic heterocycles. The zero-order valence-corrected chi connectivity index (χ0v) is 17.8. The summed E-state index contributed by atoms with van der Waals surface area (Å²) in [6.07, 6.45) is 2.02. The number of carbonyl (C=O) groups is 2. The molecule has 1 heterocycles. The largest absolute Gasteiger partial charge is 0.350 e. The minimum Gasteiger partial charge on any atom is -0.350 e. The molecule has 28 heavy (non-hydrogen) atoms. The minimum atomic E-state index is -3.55. The molecule has 1 aromatic rings. The van der Waals surface area contributed by atoms with E-state index < -0.39 is 16.1 Å². The lowest BCUT2D eigenvalue weighted by Gasteiger charge is -2.32. The molecule has 0 unspecified atom stereocenters. The van der Waals surface area contributed by atoms with Crippen LogP contribution in [0.5, 0.6) is 0 Å². The van der Waals surface area contributed by atoms with E-state index in [1.165, 1.54) is 18.4 Å². The zero-order chi connectivity index (χ0) is 20.9. The van der Waals surface area contributed by atoms with Crippen molar-refractivity contribution < 1.29 is 18.0 Å². The van der Waals surface area contributed by atoms with Crippen LogP contribution in [0.3, 0.4) is 0 Å². The Morgan fingerprint density at radius 3 is 2.61 bits per heavy atom. The molecule has 0 aliphatic carbocycles. The fourth-order valence-corrected chi connectivity index (χ4v) is 4.22. The van der Waals surface area contributed by atoms with E-state index in [-0.39, 0.29) is 24.4 Å². The van der Waals surface area contributed by atoms with Gasteiger partial charge in [-0.25, -0.2) is 0 Å². The maximum absolute atomic E-state index is 12.8. The molecule has 156 valence electrons. The normalized spacial score (nSPS) is 19.2. The van der Waals surface area contributed by atoms with Gasteiger partial charge in [0.1, 0.15) is 0 Å². The van der Waals surface area contributed by atoms with E-state index in [0.29, 0.717) is 30.6 Å². The zero-order valence-electron chi connectivity index (χ0n) is 16.9. The first-order valence-corrected chi connectivity index (χ1v) is 10.9. The first kappa shape index (κ1) is 22.3. The summed E-state index contributed by atoms with van der Waals surface area (Å²) < 4.78 is 27.2. The second kappa shape index (κ2) is 9.49. The van der Waals surface area contributed by atoms with Crippen LogP contribution in [0.25, 0.3) is 0 Å². The molecule has 0 radical (unpaired) electrons. The molecule has 1 aliphatic heterocycles. The summed E-state index contributed by atoms with van der Waals surface area (Å²) in [4.78, 5) is 25.3. The van der Waals surface area contributed by atoms with Gasteiger partial charge in [-0.3, -0.25) is 9.59 Å². The Bertz CT molecular complexity index is 810. The van der Waals surface area contributed by atoms with Gasteiger partial charge in [0.05, 0.1) is 17.2 Å². The van der Waals surface area contributed by atoms with Crippen LogP contribution in [0.2, 0.25) is 0 Å². The average Bonchev–Trinajstić information content (AvgIpc) is 2.68. The van der Waals surface area contributed by atoms with Crippen LogP contribution in [0.15, 0.2) is 24.3 Å². The highest BCUT2D eigenvalue weighted by atomic mass is 32.2. The number of anilines is 1. The van der Waals surface area contributed by atoms with E-state index in [0.717, 1.165) is 10.7 Å². The molecule has 2 rings (SSSR count). The minimum absolute atomic E-state index is 0.0272. The van der Waals surface area contributed by atoms with Gasteiger partial charge in [-0.05, 0) is 38.3 Å². The number of hydrogen-bond acceptors (Lipinski definition) is 4. The number of para-hydroxylation sites is 1. The first-order valence-electron chi connectivity index (χ1n) is 9.55. The van der Waals surface area contributed by atoms with Crippen LogP contribution >= 0.6 is 0 Å². The molecular weight excluding hydrogens is 380 g/mol. The highest BCUT2D eigenvalue weighted by Crippen LogP contribution is 2.23. The average molecular weight is 411 g/mol. The van der Waals surface area contributed by atoms with Gasteiger partial charge in [-0.2, -0.15) is 17.0 Å². The van der Waals surface area contributed by atoms with Crippen molar-refractivity contribution in [1.29, 1.82) is 0 Å². The van der Waals surface area contributed by atoms with Gasteiger partial charge in [-0.15, -0.1) is 0 Å². The number of rotatable bonds is 7. The molecule has 1 saturated heterocycles. The van der Waals surface area contributed by atoms with Crippen molar-refractivity contribution in [2.24, 2.45) is 5.92 Å². The fraction of sp³-hybridized carbons (Fsp3) is 0.579. The maximum atomic E-state index is 12.8. The van der Waals surface area contributed by atoms with Gasteiger partial charge < -0.3 is 10.6 Å². The molecule has 0 bridgehead atoms. The van der Waals surface area contributed by atoms with Crippen molar-refractivity contribution in [3.63, 3.8) is 0 Å². The standard InChI is InChI=1S/C19H30N4O4S/c1-5-14(2)20-19(25)16-10-6-7-11-17(16)21-18(24)15-9-8-12-23(13-15)28(26,27)22(3)4/h6-7,10-11,14-15H,5,8-9,12-13H2,1-4H3,(H,20,25)(H,21,24)/t14-,15-/m1/s1. The Morgan fingerprint density at radius 2 is 1.96 bits per heavy atom. The summed E-state index contributed by atoms with van der Waals surface area (Å²) in [5, 5.41) is 5.71. The van der Waals surface area contributed by atoms with Crippen molar-refractivity contribution in [3.8, 4) is 0 Å². The van der Waals surface area contributed by atoms with E-state index >= 15 is 0 Å². The summed E-state index contributed by atoms with van der Waals surface area (Å²) >= 11 is 0. The Hall–Kier alpha value is -1.97. The Labute approximate surface area is 167 Å². The quantitative estimate of drug-likeness (QED) is 0.714. The van der Waals surface area contributed by atoms with Crippen LogP contribution in [-0.4, -0.2) is 62.1 Å². The maximum Gasteiger partial charge on any atom is 0.281 e. The summed E-state index contributed by atoms with van der Waals surface area (Å²) in [7, 11) is -0.600. The Morgan fingerprint density at radius 1 is 1.29 bits per heavy atom. The molecule has 0 saturated carbocycles. The summed E-state index contributed by atoms with van der Waals surface area (Å²) in [5.41, 5.74) is 0.825. The number of nitrogens with one attached hydrogen (secondary N) is 2. The van der Waals surface area contributed by atoms with Gasteiger partial charge in [0.15, 0.2) is 0 Å². The number of carbonyl (C=O) groups excluding carboxylic acids is 2. The topological polar surface area (TPSA) is 98.8 Å². The molecule has 0 spiro atoms. The molecule has 2 N–H and O–H groups in total. The molecule has 2 atom stereocenters. The number of amides is 2. The fourth-order valence-electron chi connectivity index (χ4n) is 3.03. The molecule has 1 aromatic carbocycles. The highest BCUT2D eigenvalue weighted by Gasteiger charge is 2.33. The van der Waals surface area contributed by atoms with E-state index in [2.05, 4.69) is 10.6 Å². The third-order valence-electron chi connectivity index (χ3n) is 4.96. The molecule has 8 nitrogen and oxygen atoms in total. The van der Waals surface area contributed by atoms with Gasteiger partial charge in [0.25, 0.3) is 16.1 Å². The SMILES string of the molecule is CC[C@@H](C)NC(=O)c1ccccc1NC(=O)[C@@H]1CCCN(S(=O)(=O)N(C)C)C1. The predicted octanol–water partition coefficient (Wildman–Crippen LogP) is 1.67. The molecule has 1 fully saturated rings. The molecule has 2 amide bonds. The third kappa shape index (κ3) is 5.30. The van der Waals surface area contributed by atoms with Crippen LogP contribution in [-0.2, 0) is 15.0 Å². The van der Waals surface area contributed by atoms with Gasteiger partial charge in [0, 0.05) is 33.2 Å². The summed E-state index contributed by atoms with van der Waals surface area (Å²) in [5.74, 6) is -0.984. The molecular formula is C19H30N4O4S. The Kier molecular flexibility index (Phi) is 7.56. The third-order valence-corrected chi connectivity index (χ3v) is 6.87. The second-order valence-electron chi connectivity index (χ2n) is 7.30. The molecule has 1 aliphatic rings. The van der Waals surface area contributed by atoms with Crippen molar-refractivity contribution in [2.75, 3.05) is 32.5 Å². The number of benzene rings is 1. The number of nitrogens with zero attached hydrogens (tertiary/aromatic N) is 2. The summed E-state index contributed by atoms with van der Waals surface area (Å²) in [6.45, 7) is 4.43. The number of piperidine rings is 1. The van der Waals surface area contributed by atoms with Gasteiger partial charge >= 0.3 is 0 Å². The molecule has 9 heteroatoms. The van der Waals surface area contributed by atoms with Crippen molar-refractivity contribution in [3.05, 3.63) is 29.8 Å². The predicted molar refractivity (Wildman–Crippen MR) is 109 cm³/mol. The van der Waals surface area contributed by atoms with Crippen LogP contribution < -0.4 is 10.6 Å². The van der Waals surface area contributed by atoms with Gasteiger partial charge in [-0.1, -0.05) is 19.1 Å². The van der Waals surface area contributed by atoms with E-state index in [1.807, 2.05) is 13.8 Å². The lowest BCUT2D eigenvalue weighted by Crippen LogP contribution is -2.47. The van der Waals surface area contributed by atoms with Crippen LogP contribution in [0, 0.1) is 5.92 Å². The van der Waals surface area contributed by atoms with E-state index in [9.17, 15) is 18.0 Å². The first-order chi connectivity index (χ1) is 13.2. The van der Waals surface area contributed by atoms with E-state index in [4.69, 9.17) is 0 Å². The van der Waals surface area contributed by atoms with Crippen molar-refractivity contribution >= 4 is 27.7 Å². The van der Waals surface area contributed by atoms with Gasteiger partial charge in [0.2, 0.25) is 5.91 Å². The smallest absolute Gasteiger partial charge is 0.281 e. The lowest BCUT2D eigenvalue weighted by molar-refractivity contribution is -0.120. The number of hydrogen-bond donors (Lipinski definition) is 2. The second-order valence-corrected chi connectivity index (χ2v) is 9.45. The summed E-state index contributed by atoms with van der Waals surface area (Å²) in [6, 6.07) is 6.86. The van der Waals surface area contributed by atoms with E-state index in [1.54, 1.807) is 24.3 Å². The highest BCUT2D eigenvalue weighted by molar-refractivity contribution is 7.86. The van der Waals surface area contributed by atoms with Crippen LogP contribution in [0.1, 0.15) is 43.5 Å². The Balaban J connectivity index is 2.12. The monoisotopic (exact) mass is 410 g/mol. The van der Waals surface area contributed by atoms with Crippen molar-refractivity contribution in [1.82, 2.24) is 13.9 Å². The van der Waals surface area contributed by atoms with Crippen molar-refractivity contribution in [2.45, 2.75) is 39.2 Å².